The zero-order valence-electron chi connectivity index (χ0n) is 15.3. The molecule has 30 heavy (non-hydrogen) atoms. The van der Waals surface area contributed by atoms with Crippen LogP contribution in [0.15, 0.2) is 65.5 Å². The molecule has 0 spiro atoms. The SMILES string of the molecule is O=c1[nH]c2ccccc2n1-c1cc(C=Cc2ccc(C(F)(F)F)cc2)c(O)cc1O. The smallest absolute Gasteiger partial charge is 0.416 e. The normalized spacial score (nSPS) is 12.1. The van der Waals surface area contributed by atoms with Crippen LogP contribution in [0.2, 0.25) is 0 Å². The number of nitrogens with zero attached hydrogens (tertiary/aromatic N) is 1. The number of benzene rings is 3. The summed E-state index contributed by atoms with van der Waals surface area (Å²) >= 11 is 0. The summed E-state index contributed by atoms with van der Waals surface area (Å²) in [4.78, 5) is 15.1. The minimum absolute atomic E-state index is 0.155. The molecule has 3 aromatic carbocycles. The fourth-order valence-corrected chi connectivity index (χ4v) is 3.16. The van der Waals surface area contributed by atoms with Crippen LogP contribution in [0.1, 0.15) is 16.7 Å². The summed E-state index contributed by atoms with van der Waals surface area (Å²) in [7, 11) is 0. The van der Waals surface area contributed by atoms with Crippen LogP contribution < -0.4 is 5.69 Å². The first kappa shape index (κ1) is 19.4. The van der Waals surface area contributed by atoms with E-state index in [1.54, 1.807) is 24.3 Å². The van der Waals surface area contributed by atoms with Crippen molar-refractivity contribution in [2.75, 3.05) is 0 Å². The Hall–Kier alpha value is -3.94. The number of phenols is 2. The lowest BCUT2D eigenvalue weighted by Gasteiger charge is -2.09. The molecular weight excluding hydrogens is 397 g/mol. The van der Waals surface area contributed by atoms with Crippen molar-refractivity contribution in [1.82, 2.24) is 9.55 Å². The minimum Gasteiger partial charge on any atom is -0.507 e. The van der Waals surface area contributed by atoms with Crippen LogP contribution >= 0.6 is 0 Å². The van der Waals surface area contributed by atoms with Crippen LogP contribution in [0.3, 0.4) is 0 Å². The molecule has 152 valence electrons. The Morgan fingerprint density at radius 2 is 1.60 bits per heavy atom. The molecule has 0 fully saturated rings. The molecular formula is C22H15F3N2O3. The lowest BCUT2D eigenvalue weighted by Crippen LogP contribution is -2.14. The number of nitrogens with one attached hydrogen (secondary N) is 1. The number of imidazole rings is 1. The van der Waals surface area contributed by atoms with E-state index in [1.807, 2.05) is 0 Å². The van der Waals surface area contributed by atoms with E-state index in [2.05, 4.69) is 4.98 Å². The lowest BCUT2D eigenvalue weighted by atomic mass is 10.1. The van der Waals surface area contributed by atoms with Gasteiger partial charge >= 0.3 is 11.9 Å². The molecule has 4 rings (SSSR count). The average molecular weight is 412 g/mol. The summed E-state index contributed by atoms with van der Waals surface area (Å²) in [6.45, 7) is 0. The summed E-state index contributed by atoms with van der Waals surface area (Å²) < 4.78 is 39.3. The molecule has 5 nitrogen and oxygen atoms in total. The number of hydrogen-bond donors (Lipinski definition) is 3. The second-order valence-corrected chi connectivity index (χ2v) is 6.64. The van der Waals surface area contributed by atoms with Crippen molar-refractivity contribution in [2.24, 2.45) is 0 Å². The maximum atomic E-state index is 12.7. The Morgan fingerprint density at radius 3 is 2.30 bits per heavy atom. The fourth-order valence-electron chi connectivity index (χ4n) is 3.16. The summed E-state index contributed by atoms with van der Waals surface area (Å²) in [5, 5.41) is 20.5. The third-order valence-electron chi connectivity index (χ3n) is 4.65. The molecule has 3 N–H and O–H groups in total. The van der Waals surface area contributed by atoms with Gasteiger partial charge in [-0.1, -0.05) is 36.4 Å². The first-order valence-electron chi connectivity index (χ1n) is 8.85. The molecule has 0 aliphatic carbocycles. The van der Waals surface area contributed by atoms with Crippen LogP contribution in [0.5, 0.6) is 11.5 Å². The van der Waals surface area contributed by atoms with E-state index < -0.39 is 17.4 Å². The Labute approximate surface area is 168 Å². The second-order valence-electron chi connectivity index (χ2n) is 6.64. The van der Waals surface area contributed by atoms with Crippen molar-refractivity contribution in [2.45, 2.75) is 6.18 Å². The topological polar surface area (TPSA) is 78.2 Å². The lowest BCUT2D eigenvalue weighted by molar-refractivity contribution is -0.137. The number of aromatic amines is 1. The van der Waals surface area contributed by atoms with Gasteiger partial charge in [0.1, 0.15) is 11.5 Å². The summed E-state index contributed by atoms with van der Waals surface area (Å²) in [6.07, 6.45) is -1.41. The molecule has 0 bridgehead atoms. The van der Waals surface area contributed by atoms with E-state index in [4.69, 9.17) is 0 Å². The fraction of sp³-hybridized carbons (Fsp3) is 0.0455. The largest absolute Gasteiger partial charge is 0.507 e. The van der Waals surface area contributed by atoms with Crippen LogP contribution in [0.4, 0.5) is 13.2 Å². The van der Waals surface area contributed by atoms with Gasteiger partial charge in [-0.2, -0.15) is 13.2 Å². The molecule has 0 unspecified atom stereocenters. The highest BCUT2D eigenvalue weighted by atomic mass is 19.4. The van der Waals surface area contributed by atoms with Gasteiger partial charge in [-0.25, -0.2) is 4.79 Å². The maximum absolute atomic E-state index is 12.7. The molecule has 1 aromatic heterocycles. The number of hydrogen-bond acceptors (Lipinski definition) is 3. The van der Waals surface area contributed by atoms with Gasteiger partial charge in [0.25, 0.3) is 0 Å². The number of phenolic OH excluding ortho intramolecular Hbond substituents is 2. The van der Waals surface area contributed by atoms with Crippen LogP contribution in [0.25, 0.3) is 28.9 Å². The number of aromatic hydroxyl groups is 2. The number of H-pyrrole nitrogens is 1. The highest BCUT2D eigenvalue weighted by Gasteiger charge is 2.29. The van der Waals surface area contributed by atoms with Gasteiger partial charge in [0.15, 0.2) is 0 Å². The molecule has 0 saturated heterocycles. The van der Waals surface area contributed by atoms with Gasteiger partial charge in [0.05, 0.1) is 22.3 Å². The van der Waals surface area contributed by atoms with E-state index in [9.17, 15) is 28.2 Å². The standard InChI is InChI=1S/C22H15F3N2O3/c23-22(24,25)15-9-6-13(7-10-15)5-8-14-11-18(20(29)12-19(14)28)27-17-4-2-1-3-16(17)26-21(27)30/h1-12,28-29H,(H,26,30). The van der Waals surface area contributed by atoms with Crippen molar-refractivity contribution >= 4 is 23.2 Å². The predicted octanol–water partition coefficient (Wildman–Crippen LogP) is 4.92. The van der Waals surface area contributed by atoms with Gasteiger partial charge in [0, 0.05) is 11.6 Å². The monoisotopic (exact) mass is 412 g/mol. The first-order valence-corrected chi connectivity index (χ1v) is 8.85. The van der Waals surface area contributed by atoms with Crippen molar-refractivity contribution in [1.29, 1.82) is 0 Å². The number of aromatic nitrogens is 2. The molecule has 0 radical (unpaired) electrons. The van der Waals surface area contributed by atoms with Crippen LogP contribution in [-0.4, -0.2) is 19.8 Å². The zero-order chi connectivity index (χ0) is 21.5. The molecule has 0 saturated carbocycles. The van der Waals surface area contributed by atoms with Gasteiger partial charge in [-0.15, -0.1) is 0 Å². The van der Waals surface area contributed by atoms with Crippen molar-refractivity contribution < 1.29 is 23.4 Å². The number of alkyl halides is 3. The number of fused-ring (bicyclic) bond motifs is 1. The van der Waals surface area contributed by atoms with Gasteiger partial charge < -0.3 is 15.2 Å². The van der Waals surface area contributed by atoms with E-state index in [-0.39, 0.29) is 22.7 Å². The molecule has 1 heterocycles. The Kier molecular flexibility index (Phi) is 4.62. The van der Waals surface area contributed by atoms with Crippen LogP contribution in [-0.2, 0) is 6.18 Å². The third-order valence-corrected chi connectivity index (χ3v) is 4.65. The highest BCUT2D eigenvalue weighted by molar-refractivity contribution is 5.80. The highest BCUT2D eigenvalue weighted by Crippen LogP contribution is 2.33. The molecule has 0 amide bonds. The number of rotatable bonds is 3. The molecule has 4 aromatic rings. The van der Waals surface area contributed by atoms with Gasteiger partial charge in [-0.3, -0.25) is 4.57 Å². The Morgan fingerprint density at radius 1 is 0.900 bits per heavy atom. The Bertz CT molecular complexity index is 1320. The molecule has 0 aliphatic heterocycles. The van der Waals surface area contributed by atoms with Crippen molar-refractivity contribution in [3.8, 4) is 17.2 Å². The van der Waals surface area contributed by atoms with Crippen molar-refractivity contribution in [3.05, 3.63) is 87.8 Å². The molecule has 8 heteroatoms. The zero-order valence-corrected chi connectivity index (χ0v) is 15.3. The molecule has 0 aliphatic rings. The summed E-state index contributed by atoms with van der Waals surface area (Å²) in [6, 6.07) is 14.0. The van der Waals surface area contributed by atoms with Crippen LogP contribution in [0, 0.1) is 0 Å². The van der Waals surface area contributed by atoms with Gasteiger partial charge in [0.2, 0.25) is 0 Å². The van der Waals surface area contributed by atoms with E-state index >= 15 is 0 Å². The Balaban J connectivity index is 1.74. The number of halogens is 3. The average Bonchev–Trinajstić information content (AvgIpc) is 3.03. The predicted molar refractivity (Wildman–Crippen MR) is 108 cm³/mol. The number of para-hydroxylation sites is 2. The van der Waals surface area contributed by atoms with E-state index in [0.29, 0.717) is 16.6 Å². The second kappa shape index (κ2) is 7.14. The minimum atomic E-state index is -4.42. The summed E-state index contributed by atoms with van der Waals surface area (Å²) in [5.41, 5.74) is 0.824. The van der Waals surface area contributed by atoms with Gasteiger partial charge in [-0.05, 0) is 35.9 Å². The third kappa shape index (κ3) is 3.55. The van der Waals surface area contributed by atoms with E-state index in [1.165, 1.54) is 34.9 Å². The first-order chi connectivity index (χ1) is 14.2. The van der Waals surface area contributed by atoms with E-state index in [0.717, 1.165) is 18.2 Å². The maximum Gasteiger partial charge on any atom is 0.416 e. The van der Waals surface area contributed by atoms with Crippen molar-refractivity contribution in [3.63, 3.8) is 0 Å². The quantitative estimate of drug-likeness (QED) is 0.418. The summed E-state index contributed by atoms with van der Waals surface area (Å²) in [5.74, 6) is -0.543. The molecule has 0 atom stereocenters.